The second-order valence-electron chi connectivity index (χ2n) is 4.87. The zero-order chi connectivity index (χ0) is 10.5. The molecule has 1 saturated carbocycles. The molecule has 2 aliphatic rings. The van der Waals surface area contributed by atoms with Crippen LogP contribution >= 0.6 is 11.3 Å². The summed E-state index contributed by atoms with van der Waals surface area (Å²) < 4.78 is 2.40. The molecule has 2 aromatic rings. The van der Waals surface area contributed by atoms with Crippen LogP contribution in [0.4, 0.5) is 0 Å². The Hall–Kier alpha value is -1.09. The smallest absolute Gasteiger partial charge is 0.0957 e. The molecule has 1 aliphatic heterocycles. The van der Waals surface area contributed by atoms with E-state index in [0.29, 0.717) is 6.04 Å². The van der Waals surface area contributed by atoms with Gasteiger partial charge in [-0.1, -0.05) is 12.8 Å². The molecule has 4 rings (SSSR count). The minimum atomic E-state index is 0.593. The number of imidazole rings is 1. The van der Waals surface area contributed by atoms with Gasteiger partial charge in [-0.2, -0.15) is 0 Å². The predicted octanol–water partition coefficient (Wildman–Crippen LogP) is 3.70. The topological polar surface area (TPSA) is 17.8 Å². The Morgan fingerprint density at radius 1 is 1.31 bits per heavy atom. The van der Waals surface area contributed by atoms with Gasteiger partial charge in [-0.25, -0.2) is 4.98 Å². The monoisotopic (exact) mass is 230 g/mol. The minimum Gasteiger partial charge on any atom is -0.322 e. The molecule has 0 radical (unpaired) electrons. The largest absolute Gasteiger partial charge is 0.322 e. The molecule has 2 aromatic heterocycles. The summed E-state index contributed by atoms with van der Waals surface area (Å²) in [4.78, 5) is 5.88. The molecule has 0 saturated heterocycles. The number of aromatic nitrogens is 2. The number of fused-ring (bicyclic) bond motifs is 3. The first-order chi connectivity index (χ1) is 7.95. The molecule has 1 atom stereocenters. The van der Waals surface area contributed by atoms with Crippen molar-refractivity contribution < 1.29 is 0 Å². The summed E-state index contributed by atoms with van der Waals surface area (Å²) in [5.41, 5.74) is 2.76. The Kier molecular flexibility index (Phi) is 1.80. The molecule has 3 heterocycles. The number of nitrogens with zero attached hydrogens (tertiary/aromatic N) is 2. The fourth-order valence-corrected chi connectivity index (χ4v) is 4.43. The van der Waals surface area contributed by atoms with Crippen LogP contribution in [0.3, 0.4) is 0 Å². The van der Waals surface area contributed by atoms with Gasteiger partial charge in [0, 0.05) is 10.4 Å². The van der Waals surface area contributed by atoms with Gasteiger partial charge in [0.25, 0.3) is 0 Å². The average Bonchev–Trinajstić information content (AvgIpc) is 3.00. The van der Waals surface area contributed by atoms with E-state index in [2.05, 4.69) is 21.0 Å². The standard InChI is InChI=1S/C13H14N2S/c1-2-4-9(3-1)12-13-10(5-6-16-13)11-7-14-8-15(11)12/h5-9,12H,1-4H2. The summed E-state index contributed by atoms with van der Waals surface area (Å²) in [5, 5.41) is 2.23. The lowest BCUT2D eigenvalue weighted by Crippen LogP contribution is -2.13. The van der Waals surface area contributed by atoms with Crippen molar-refractivity contribution in [3.63, 3.8) is 0 Å². The summed E-state index contributed by atoms with van der Waals surface area (Å²) in [6, 6.07) is 2.85. The van der Waals surface area contributed by atoms with Gasteiger partial charge >= 0.3 is 0 Å². The second kappa shape index (κ2) is 3.20. The van der Waals surface area contributed by atoms with E-state index in [1.807, 2.05) is 23.9 Å². The highest BCUT2D eigenvalue weighted by Crippen LogP contribution is 2.49. The van der Waals surface area contributed by atoms with Crippen molar-refractivity contribution >= 4 is 11.3 Å². The lowest BCUT2D eigenvalue weighted by atomic mass is 9.97. The molecule has 82 valence electrons. The van der Waals surface area contributed by atoms with E-state index >= 15 is 0 Å². The van der Waals surface area contributed by atoms with Crippen molar-refractivity contribution in [2.75, 3.05) is 0 Å². The molecule has 2 nitrogen and oxygen atoms in total. The van der Waals surface area contributed by atoms with E-state index in [1.165, 1.54) is 36.9 Å². The maximum Gasteiger partial charge on any atom is 0.0957 e. The van der Waals surface area contributed by atoms with Crippen LogP contribution in [0.5, 0.6) is 0 Å². The third-order valence-corrected chi connectivity index (χ3v) is 5.04. The van der Waals surface area contributed by atoms with Crippen LogP contribution < -0.4 is 0 Å². The van der Waals surface area contributed by atoms with Crippen LogP contribution in [0.15, 0.2) is 24.0 Å². The molecule has 1 unspecified atom stereocenters. The summed E-state index contributed by atoms with van der Waals surface area (Å²) >= 11 is 1.92. The first kappa shape index (κ1) is 8.99. The van der Waals surface area contributed by atoms with Gasteiger partial charge < -0.3 is 4.57 Å². The van der Waals surface area contributed by atoms with Gasteiger partial charge in [0.1, 0.15) is 0 Å². The average molecular weight is 230 g/mol. The molecule has 3 heteroatoms. The van der Waals surface area contributed by atoms with Crippen LogP contribution in [-0.2, 0) is 0 Å². The highest BCUT2D eigenvalue weighted by atomic mass is 32.1. The Balaban J connectivity index is 1.88. The Morgan fingerprint density at radius 3 is 3.06 bits per heavy atom. The fraction of sp³-hybridized carbons (Fsp3) is 0.462. The fourth-order valence-electron chi connectivity index (χ4n) is 3.34. The maximum absolute atomic E-state index is 4.31. The van der Waals surface area contributed by atoms with Crippen LogP contribution in [0, 0.1) is 5.92 Å². The van der Waals surface area contributed by atoms with Gasteiger partial charge in [0.2, 0.25) is 0 Å². The number of thiophene rings is 1. The van der Waals surface area contributed by atoms with Crippen molar-refractivity contribution in [3.8, 4) is 11.3 Å². The third kappa shape index (κ3) is 1.04. The van der Waals surface area contributed by atoms with Crippen molar-refractivity contribution in [3.05, 3.63) is 28.8 Å². The highest BCUT2D eigenvalue weighted by molar-refractivity contribution is 7.10. The molecular weight excluding hydrogens is 216 g/mol. The number of hydrogen-bond donors (Lipinski definition) is 0. The van der Waals surface area contributed by atoms with Gasteiger partial charge in [-0.05, 0) is 30.2 Å². The predicted molar refractivity (Wildman–Crippen MR) is 65.6 cm³/mol. The third-order valence-electron chi connectivity index (χ3n) is 4.05. The van der Waals surface area contributed by atoms with Gasteiger partial charge in [0.05, 0.1) is 24.3 Å². The summed E-state index contributed by atoms with van der Waals surface area (Å²) in [7, 11) is 0. The van der Waals surface area contributed by atoms with Gasteiger partial charge in [-0.3, -0.25) is 0 Å². The van der Waals surface area contributed by atoms with E-state index in [-0.39, 0.29) is 0 Å². The van der Waals surface area contributed by atoms with E-state index in [1.54, 1.807) is 4.88 Å². The van der Waals surface area contributed by atoms with E-state index in [4.69, 9.17) is 0 Å². The van der Waals surface area contributed by atoms with Gasteiger partial charge in [-0.15, -0.1) is 11.3 Å². The molecule has 0 amide bonds. The molecule has 1 fully saturated rings. The summed E-state index contributed by atoms with van der Waals surface area (Å²) in [6.45, 7) is 0. The lowest BCUT2D eigenvalue weighted by Gasteiger charge is -2.20. The molecule has 0 spiro atoms. The molecule has 0 N–H and O–H groups in total. The van der Waals surface area contributed by atoms with Crippen LogP contribution in [0.2, 0.25) is 0 Å². The Bertz CT molecular complexity index is 479. The molecule has 0 aromatic carbocycles. The normalized spacial score (nSPS) is 23.6. The Morgan fingerprint density at radius 2 is 2.19 bits per heavy atom. The van der Waals surface area contributed by atoms with Crippen LogP contribution in [-0.4, -0.2) is 9.55 Å². The van der Waals surface area contributed by atoms with Crippen molar-refractivity contribution in [2.45, 2.75) is 31.7 Å². The zero-order valence-corrected chi connectivity index (χ0v) is 9.91. The second-order valence-corrected chi connectivity index (χ2v) is 5.82. The summed E-state index contributed by atoms with van der Waals surface area (Å²) in [6.07, 6.45) is 9.63. The lowest BCUT2D eigenvalue weighted by molar-refractivity contribution is 0.403. The van der Waals surface area contributed by atoms with Crippen molar-refractivity contribution in [1.29, 1.82) is 0 Å². The molecular formula is C13H14N2S. The van der Waals surface area contributed by atoms with Gasteiger partial charge in [0.15, 0.2) is 0 Å². The van der Waals surface area contributed by atoms with Crippen molar-refractivity contribution in [2.24, 2.45) is 5.92 Å². The molecule has 16 heavy (non-hydrogen) atoms. The van der Waals surface area contributed by atoms with E-state index in [0.717, 1.165) is 5.92 Å². The van der Waals surface area contributed by atoms with Crippen LogP contribution in [0.25, 0.3) is 11.3 Å². The number of rotatable bonds is 1. The van der Waals surface area contributed by atoms with Crippen LogP contribution in [0.1, 0.15) is 36.6 Å². The quantitative estimate of drug-likeness (QED) is 0.730. The van der Waals surface area contributed by atoms with Crippen molar-refractivity contribution in [1.82, 2.24) is 9.55 Å². The molecule has 1 aliphatic carbocycles. The molecule has 0 bridgehead atoms. The summed E-state index contributed by atoms with van der Waals surface area (Å²) in [5.74, 6) is 0.841. The van der Waals surface area contributed by atoms with E-state index in [9.17, 15) is 0 Å². The minimum absolute atomic E-state index is 0.593. The SMILES string of the molecule is c1cc2c(s1)C(C1CCCC1)n1cncc1-2. The number of hydrogen-bond acceptors (Lipinski definition) is 2. The van der Waals surface area contributed by atoms with E-state index < -0.39 is 0 Å². The first-order valence-corrected chi connectivity index (χ1v) is 6.93. The maximum atomic E-state index is 4.31. The highest BCUT2D eigenvalue weighted by Gasteiger charge is 2.36. The first-order valence-electron chi connectivity index (χ1n) is 6.05. The zero-order valence-electron chi connectivity index (χ0n) is 9.10. The Labute approximate surface area is 98.9 Å².